The molecule has 4 nitrogen and oxygen atoms in total. The fourth-order valence-corrected chi connectivity index (χ4v) is 3.00. The van der Waals surface area contributed by atoms with Gasteiger partial charge in [-0.25, -0.2) is 0 Å². The van der Waals surface area contributed by atoms with E-state index in [9.17, 15) is 4.79 Å². The van der Waals surface area contributed by atoms with Crippen molar-refractivity contribution < 1.29 is 14.6 Å². The number of aliphatic hydroxyl groups excluding tert-OH is 1. The maximum Gasteiger partial charge on any atom is 0.233 e. The molecule has 1 heterocycles. The Morgan fingerprint density at radius 3 is 3.00 bits per heavy atom. The van der Waals surface area contributed by atoms with Crippen LogP contribution in [0.3, 0.4) is 0 Å². The standard InChI is InChI=1S/C11H21NO3S/c1-15-8-9(5-6-13)12-11(14)10-4-2-3-7-16-10/h9-10,13H,2-8H2,1H3,(H,12,14). The first-order valence-electron chi connectivity index (χ1n) is 5.79. The van der Waals surface area contributed by atoms with Crippen molar-refractivity contribution in [1.82, 2.24) is 5.32 Å². The lowest BCUT2D eigenvalue weighted by atomic mass is 10.1. The predicted octanol–water partition coefficient (Wildman–Crippen LogP) is 0.786. The van der Waals surface area contributed by atoms with E-state index in [2.05, 4.69) is 5.32 Å². The van der Waals surface area contributed by atoms with E-state index in [-0.39, 0.29) is 23.8 Å². The Balaban J connectivity index is 2.33. The Morgan fingerprint density at radius 1 is 1.62 bits per heavy atom. The quantitative estimate of drug-likeness (QED) is 0.728. The Kier molecular flexibility index (Phi) is 6.84. The third-order valence-electron chi connectivity index (χ3n) is 2.66. The van der Waals surface area contributed by atoms with Crippen molar-refractivity contribution in [2.45, 2.75) is 37.0 Å². The monoisotopic (exact) mass is 247 g/mol. The van der Waals surface area contributed by atoms with Crippen molar-refractivity contribution in [1.29, 1.82) is 0 Å². The molecule has 16 heavy (non-hydrogen) atoms. The van der Waals surface area contributed by atoms with Gasteiger partial charge < -0.3 is 15.2 Å². The van der Waals surface area contributed by atoms with Crippen LogP contribution in [0.1, 0.15) is 25.7 Å². The number of nitrogens with one attached hydrogen (secondary N) is 1. The van der Waals surface area contributed by atoms with Crippen molar-refractivity contribution in [2.75, 3.05) is 26.1 Å². The Hall–Kier alpha value is -0.260. The highest BCUT2D eigenvalue weighted by atomic mass is 32.2. The molecule has 0 bridgehead atoms. The van der Waals surface area contributed by atoms with Crippen LogP contribution in [0, 0.1) is 0 Å². The number of methoxy groups -OCH3 is 1. The minimum atomic E-state index is -0.0648. The molecular formula is C11H21NO3S. The third kappa shape index (κ3) is 4.72. The summed E-state index contributed by atoms with van der Waals surface area (Å²) in [6, 6.07) is -0.0648. The summed E-state index contributed by atoms with van der Waals surface area (Å²) in [6.07, 6.45) is 3.87. The topological polar surface area (TPSA) is 58.6 Å². The highest BCUT2D eigenvalue weighted by Gasteiger charge is 2.23. The Labute approximate surface area is 101 Å². The normalized spacial score (nSPS) is 22.8. The van der Waals surface area contributed by atoms with Gasteiger partial charge >= 0.3 is 0 Å². The van der Waals surface area contributed by atoms with Crippen LogP contribution < -0.4 is 5.32 Å². The van der Waals surface area contributed by atoms with Gasteiger partial charge in [0.05, 0.1) is 17.9 Å². The highest BCUT2D eigenvalue weighted by Crippen LogP contribution is 2.25. The van der Waals surface area contributed by atoms with E-state index < -0.39 is 0 Å². The molecule has 1 aliphatic rings. The van der Waals surface area contributed by atoms with Gasteiger partial charge in [0, 0.05) is 13.7 Å². The van der Waals surface area contributed by atoms with E-state index in [1.165, 1.54) is 6.42 Å². The zero-order chi connectivity index (χ0) is 11.8. The average molecular weight is 247 g/mol. The van der Waals surface area contributed by atoms with Gasteiger partial charge in [-0.1, -0.05) is 6.42 Å². The molecule has 0 radical (unpaired) electrons. The van der Waals surface area contributed by atoms with E-state index in [0.29, 0.717) is 13.0 Å². The van der Waals surface area contributed by atoms with Gasteiger partial charge in [-0.15, -0.1) is 11.8 Å². The summed E-state index contributed by atoms with van der Waals surface area (Å²) >= 11 is 1.73. The second-order valence-corrected chi connectivity index (χ2v) is 5.34. The molecule has 2 N–H and O–H groups in total. The van der Waals surface area contributed by atoms with E-state index in [0.717, 1.165) is 18.6 Å². The number of carbonyl (C=O) groups is 1. The van der Waals surface area contributed by atoms with Crippen LogP contribution in [0.25, 0.3) is 0 Å². The molecular weight excluding hydrogens is 226 g/mol. The smallest absolute Gasteiger partial charge is 0.233 e. The first kappa shape index (κ1) is 13.8. The number of hydrogen-bond acceptors (Lipinski definition) is 4. The molecule has 0 aromatic carbocycles. The van der Waals surface area contributed by atoms with Gasteiger partial charge in [0.1, 0.15) is 0 Å². The summed E-state index contributed by atoms with van der Waals surface area (Å²) in [6.45, 7) is 0.538. The molecule has 1 saturated heterocycles. The molecule has 1 rings (SSSR count). The summed E-state index contributed by atoms with van der Waals surface area (Å²) in [4.78, 5) is 11.9. The minimum Gasteiger partial charge on any atom is -0.396 e. The number of ether oxygens (including phenoxy) is 1. The predicted molar refractivity (Wildman–Crippen MR) is 65.6 cm³/mol. The SMILES string of the molecule is COCC(CCO)NC(=O)C1CCCCS1. The van der Waals surface area contributed by atoms with E-state index in [4.69, 9.17) is 9.84 Å². The number of thioether (sulfide) groups is 1. The van der Waals surface area contributed by atoms with Gasteiger partial charge in [0.15, 0.2) is 0 Å². The second-order valence-electron chi connectivity index (χ2n) is 4.03. The highest BCUT2D eigenvalue weighted by molar-refractivity contribution is 8.00. The number of carbonyl (C=O) groups excluding carboxylic acids is 1. The number of rotatable bonds is 6. The lowest BCUT2D eigenvalue weighted by Gasteiger charge is -2.24. The van der Waals surface area contributed by atoms with Crippen LogP contribution in [0.4, 0.5) is 0 Å². The minimum absolute atomic E-state index is 0.0648. The van der Waals surface area contributed by atoms with Gasteiger partial charge in [-0.2, -0.15) is 0 Å². The summed E-state index contributed by atoms with van der Waals surface area (Å²) in [7, 11) is 1.60. The molecule has 0 aromatic heterocycles. The second kappa shape index (κ2) is 7.92. The van der Waals surface area contributed by atoms with E-state index in [1.807, 2.05) is 0 Å². The van der Waals surface area contributed by atoms with Crippen molar-refractivity contribution >= 4 is 17.7 Å². The van der Waals surface area contributed by atoms with Gasteiger partial charge in [-0.3, -0.25) is 4.79 Å². The molecule has 0 aliphatic carbocycles. The fraction of sp³-hybridized carbons (Fsp3) is 0.909. The first-order valence-corrected chi connectivity index (χ1v) is 6.84. The summed E-state index contributed by atoms with van der Waals surface area (Å²) in [5.41, 5.74) is 0. The van der Waals surface area contributed by atoms with Gasteiger partial charge in [0.2, 0.25) is 5.91 Å². The molecule has 94 valence electrons. The summed E-state index contributed by atoms with van der Waals surface area (Å²) in [5.74, 6) is 1.17. The summed E-state index contributed by atoms with van der Waals surface area (Å²) in [5, 5.41) is 11.9. The molecule has 0 aromatic rings. The van der Waals surface area contributed by atoms with Crippen LogP contribution in [-0.4, -0.2) is 48.4 Å². The number of amides is 1. The Morgan fingerprint density at radius 2 is 2.44 bits per heavy atom. The molecule has 5 heteroatoms. The fourth-order valence-electron chi connectivity index (χ4n) is 1.80. The van der Waals surface area contributed by atoms with Crippen LogP contribution in [0.15, 0.2) is 0 Å². The van der Waals surface area contributed by atoms with Crippen LogP contribution >= 0.6 is 11.8 Å². The zero-order valence-corrected chi connectivity index (χ0v) is 10.6. The first-order chi connectivity index (χ1) is 7.77. The number of aliphatic hydroxyl groups is 1. The molecule has 1 amide bonds. The van der Waals surface area contributed by atoms with Crippen molar-refractivity contribution in [3.05, 3.63) is 0 Å². The van der Waals surface area contributed by atoms with Crippen LogP contribution in [0.5, 0.6) is 0 Å². The lowest BCUT2D eigenvalue weighted by Crippen LogP contribution is -2.43. The van der Waals surface area contributed by atoms with Crippen molar-refractivity contribution in [3.63, 3.8) is 0 Å². The molecule has 1 aliphatic heterocycles. The van der Waals surface area contributed by atoms with Crippen LogP contribution in [-0.2, 0) is 9.53 Å². The maximum absolute atomic E-state index is 11.9. The third-order valence-corrected chi connectivity index (χ3v) is 4.04. The molecule has 0 saturated carbocycles. The van der Waals surface area contributed by atoms with Crippen LogP contribution in [0.2, 0.25) is 0 Å². The van der Waals surface area contributed by atoms with Gasteiger partial charge in [0.25, 0.3) is 0 Å². The van der Waals surface area contributed by atoms with Crippen molar-refractivity contribution in [2.24, 2.45) is 0 Å². The Bertz CT molecular complexity index is 201. The van der Waals surface area contributed by atoms with Gasteiger partial charge in [-0.05, 0) is 25.0 Å². The van der Waals surface area contributed by atoms with E-state index in [1.54, 1.807) is 18.9 Å². The molecule has 2 unspecified atom stereocenters. The summed E-state index contributed by atoms with van der Waals surface area (Å²) < 4.78 is 5.01. The maximum atomic E-state index is 11.9. The van der Waals surface area contributed by atoms with Crippen molar-refractivity contribution in [3.8, 4) is 0 Å². The average Bonchev–Trinajstić information content (AvgIpc) is 2.31. The molecule has 1 fully saturated rings. The number of hydrogen-bond donors (Lipinski definition) is 2. The largest absolute Gasteiger partial charge is 0.396 e. The zero-order valence-electron chi connectivity index (χ0n) is 9.78. The lowest BCUT2D eigenvalue weighted by molar-refractivity contribution is -0.121. The van der Waals surface area contributed by atoms with E-state index >= 15 is 0 Å². The molecule has 0 spiro atoms. The molecule has 2 atom stereocenters.